The van der Waals surface area contributed by atoms with Crippen LogP contribution in [0.15, 0.2) is 59.4 Å². The number of hydrogen-bond acceptors (Lipinski definition) is 4. The molecule has 158 valence electrons. The van der Waals surface area contributed by atoms with Gasteiger partial charge in [-0.05, 0) is 49.1 Å². The fourth-order valence-electron chi connectivity index (χ4n) is 4.18. The van der Waals surface area contributed by atoms with Gasteiger partial charge in [0.1, 0.15) is 17.1 Å². The van der Waals surface area contributed by atoms with E-state index in [1.165, 1.54) is 0 Å². The Morgan fingerprint density at radius 3 is 2.90 bits per heavy atom. The lowest BCUT2D eigenvalue weighted by atomic mass is 9.98. The molecule has 1 aromatic carbocycles. The summed E-state index contributed by atoms with van der Waals surface area (Å²) in [4.78, 5) is 24.1. The Kier molecular flexibility index (Phi) is 5.24. The highest BCUT2D eigenvalue weighted by atomic mass is 35.5. The lowest BCUT2D eigenvalue weighted by Gasteiger charge is -2.30. The number of aromatic nitrogens is 3. The van der Waals surface area contributed by atoms with Crippen LogP contribution in [-0.4, -0.2) is 38.3 Å². The monoisotopic (exact) mass is 434 g/mol. The van der Waals surface area contributed by atoms with Crippen molar-refractivity contribution >= 4 is 23.2 Å². The fourth-order valence-corrected chi connectivity index (χ4v) is 4.30. The van der Waals surface area contributed by atoms with Gasteiger partial charge in [0.15, 0.2) is 5.89 Å². The van der Waals surface area contributed by atoms with E-state index < -0.39 is 0 Å². The van der Waals surface area contributed by atoms with Crippen LogP contribution in [0.1, 0.15) is 52.0 Å². The summed E-state index contributed by atoms with van der Waals surface area (Å²) < 4.78 is 7.96. The molecular weight excluding hydrogens is 412 g/mol. The van der Waals surface area contributed by atoms with E-state index in [4.69, 9.17) is 16.0 Å². The number of oxazole rings is 1. The van der Waals surface area contributed by atoms with Gasteiger partial charge in [0.25, 0.3) is 5.91 Å². The molecule has 1 aliphatic heterocycles. The van der Waals surface area contributed by atoms with E-state index in [1.54, 1.807) is 6.20 Å². The molecule has 1 fully saturated rings. The topological polar surface area (TPSA) is 63.6 Å². The molecule has 1 aliphatic rings. The SMILES string of the molecule is Cc1cccn2cc(C(=O)N3CCC[C@H](c4ncc(Cc5ccc(Cl)cc5)o4)C3)nc12. The molecule has 31 heavy (non-hydrogen) atoms. The van der Waals surface area contributed by atoms with Crippen molar-refractivity contribution in [2.45, 2.75) is 32.1 Å². The minimum atomic E-state index is -0.0410. The molecule has 1 saturated heterocycles. The molecule has 1 atom stereocenters. The summed E-state index contributed by atoms with van der Waals surface area (Å²) in [5.74, 6) is 1.57. The molecule has 0 radical (unpaired) electrons. The normalized spacial score (nSPS) is 16.7. The number of carbonyl (C=O) groups excluding carboxylic acids is 1. The van der Waals surface area contributed by atoms with Crippen LogP contribution < -0.4 is 0 Å². The number of benzene rings is 1. The molecule has 0 saturated carbocycles. The third-order valence-corrected chi connectivity index (χ3v) is 6.07. The van der Waals surface area contributed by atoms with E-state index in [1.807, 2.05) is 65.0 Å². The Hall–Kier alpha value is -3.12. The molecule has 4 aromatic rings. The van der Waals surface area contributed by atoms with Gasteiger partial charge in [0, 0.05) is 36.9 Å². The first kappa shape index (κ1) is 19.8. The average Bonchev–Trinajstić information content (AvgIpc) is 3.43. The number of aryl methyl sites for hydroxylation is 1. The zero-order valence-corrected chi connectivity index (χ0v) is 18.0. The van der Waals surface area contributed by atoms with Crippen molar-refractivity contribution in [3.05, 3.63) is 88.5 Å². The third-order valence-electron chi connectivity index (χ3n) is 5.82. The van der Waals surface area contributed by atoms with Crippen molar-refractivity contribution in [3.63, 3.8) is 0 Å². The van der Waals surface area contributed by atoms with Gasteiger partial charge in [-0.2, -0.15) is 0 Å². The van der Waals surface area contributed by atoms with Crippen LogP contribution in [0.5, 0.6) is 0 Å². The van der Waals surface area contributed by atoms with E-state index in [-0.39, 0.29) is 11.8 Å². The van der Waals surface area contributed by atoms with E-state index in [2.05, 4.69) is 9.97 Å². The van der Waals surface area contributed by atoms with Crippen molar-refractivity contribution in [1.29, 1.82) is 0 Å². The molecule has 4 heterocycles. The molecule has 0 spiro atoms. The summed E-state index contributed by atoms with van der Waals surface area (Å²) in [6, 6.07) is 11.7. The molecular formula is C24H23ClN4O2. The molecule has 7 heteroatoms. The largest absolute Gasteiger partial charge is 0.445 e. The van der Waals surface area contributed by atoms with Gasteiger partial charge in [-0.3, -0.25) is 4.79 Å². The molecule has 0 bridgehead atoms. The van der Waals surface area contributed by atoms with Crippen molar-refractivity contribution < 1.29 is 9.21 Å². The number of pyridine rings is 1. The molecule has 3 aromatic heterocycles. The van der Waals surface area contributed by atoms with E-state index >= 15 is 0 Å². The van der Waals surface area contributed by atoms with Crippen molar-refractivity contribution in [2.75, 3.05) is 13.1 Å². The molecule has 0 N–H and O–H groups in total. The second-order valence-electron chi connectivity index (χ2n) is 8.11. The first-order valence-electron chi connectivity index (χ1n) is 10.5. The summed E-state index contributed by atoms with van der Waals surface area (Å²) >= 11 is 5.96. The molecule has 6 nitrogen and oxygen atoms in total. The number of likely N-dealkylation sites (tertiary alicyclic amines) is 1. The standard InChI is InChI=1S/C24H23ClN4O2/c1-16-4-2-10-28-15-21(27-22(16)28)24(30)29-11-3-5-18(14-29)23-26-13-20(31-23)12-17-6-8-19(25)9-7-17/h2,4,6-10,13,15,18H,3,5,11-12,14H2,1H3/t18-/m0/s1. The Morgan fingerprint density at radius 2 is 2.10 bits per heavy atom. The van der Waals surface area contributed by atoms with Crippen LogP contribution in [0.25, 0.3) is 5.65 Å². The highest BCUT2D eigenvalue weighted by Gasteiger charge is 2.29. The fraction of sp³-hybridized carbons (Fsp3) is 0.292. The minimum absolute atomic E-state index is 0.0410. The van der Waals surface area contributed by atoms with Gasteiger partial charge >= 0.3 is 0 Å². The summed E-state index contributed by atoms with van der Waals surface area (Å²) in [7, 11) is 0. The Bertz CT molecular complexity index is 1230. The summed E-state index contributed by atoms with van der Waals surface area (Å²) in [6.07, 6.45) is 8.05. The second kappa shape index (κ2) is 8.19. The van der Waals surface area contributed by atoms with Crippen LogP contribution >= 0.6 is 11.6 Å². The number of amides is 1. The smallest absolute Gasteiger partial charge is 0.274 e. The summed E-state index contributed by atoms with van der Waals surface area (Å²) in [6.45, 7) is 3.31. The minimum Gasteiger partial charge on any atom is -0.445 e. The number of fused-ring (bicyclic) bond motifs is 1. The summed E-state index contributed by atoms with van der Waals surface area (Å²) in [5, 5.41) is 0.717. The van der Waals surface area contributed by atoms with Gasteiger partial charge < -0.3 is 13.7 Å². The van der Waals surface area contributed by atoms with E-state index in [0.29, 0.717) is 24.6 Å². The third kappa shape index (κ3) is 4.08. The quantitative estimate of drug-likeness (QED) is 0.458. The number of imidazole rings is 1. The van der Waals surface area contributed by atoms with Crippen LogP contribution in [-0.2, 0) is 6.42 Å². The Morgan fingerprint density at radius 1 is 1.26 bits per heavy atom. The molecule has 0 unspecified atom stereocenters. The maximum Gasteiger partial charge on any atom is 0.274 e. The lowest BCUT2D eigenvalue weighted by molar-refractivity contribution is 0.0692. The van der Waals surface area contributed by atoms with Gasteiger partial charge in [0.05, 0.1) is 12.1 Å². The first-order valence-corrected chi connectivity index (χ1v) is 10.9. The molecule has 1 amide bonds. The number of nitrogens with zero attached hydrogens (tertiary/aromatic N) is 4. The average molecular weight is 435 g/mol. The predicted molar refractivity (Wildman–Crippen MR) is 119 cm³/mol. The zero-order valence-electron chi connectivity index (χ0n) is 17.3. The number of hydrogen-bond donors (Lipinski definition) is 0. The van der Waals surface area contributed by atoms with Crippen LogP contribution in [0.2, 0.25) is 5.02 Å². The van der Waals surface area contributed by atoms with Crippen molar-refractivity contribution in [2.24, 2.45) is 0 Å². The summed E-state index contributed by atoms with van der Waals surface area (Å²) in [5.41, 5.74) is 3.46. The highest BCUT2D eigenvalue weighted by molar-refractivity contribution is 6.30. The van der Waals surface area contributed by atoms with Gasteiger partial charge in [-0.15, -0.1) is 0 Å². The maximum absolute atomic E-state index is 13.1. The lowest BCUT2D eigenvalue weighted by Crippen LogP contribution is -2.39. The van der Waals surface area contributed by atoms with Crippen molar-refractivity contribution in [3.8, 4) is 0 Å². The first-order chi connectivity index (χ1) is 15.1. The van der Waals surface area contributed by atoms with Gasteiger partial charge in [0.2, 0.25) is 0 Å². The van der Waals surface area contributed by atoms with Gasteiger partial charge in [-0.25, -0.2) is 9.97 Å². The maximum atomic E-state index is 13.1. The second-order valence-corrected chi connectivity index (χ2v) is 8.54. The zero-order chi connectivity index (χ0) is 21.4. The molecule has 5 rings (SSSR count). The number of carbonyl (C=O) groups is 1. The predicted octanol–water partition coefficient (Wildman–Crippen LogP) is 4.89. The van der Waals surface area contributed by atoms with E-state index in [9.17, 15) is 4.79 Å². The van der Waals surface area contributed by atoms with E-state index in [0.717, 1.165) is 46.9 Å². The molecule has 0 aliphatic carbocycles. The highest BCUT2D eigenvalue weighted by Crippen LogP contribution is 2.28. The van der Waals surface area contributed by atoms with Crippen LogP contribution in [0.3, 0.4) is 0 Å². The number of halogens is 1. The van der Waals surface area contributed by atoms with Crippen molar-refractivity contribution in [1.82, 2.24) is 19.3 Å². The van der Waals surface area contributed by atoms with Gasteiger partial charge in [-0.1, -0.05) is 29.8 Å². The van der Waals surface area contributed by atoms with Crippen LogP contribution in [0, 0.1) is 6.92 Å². The number of rotatable bonds is 4. The number of piperidine rings is 1. The Labute approximate surface area is 185 Å². The Balaban J connectivity index is 1.29. The van der Waals surface area contributed by atoms with Crippen LogP contribution in [0.4, 0.5) is 0 Å².